The van der Waals surface area contributed by atoms with E-state index in [0.717, 1.165) is 4.90 Å². The Kier molecular flexibility index (Phi) is 5.51. The van der Waals surface area contributed by atoms with Gasteiger partial charge in [-0.25, -0.2) is 8.42 Å². The summed E-state index contributed by atoms with van der Waals surface area (Å²) in [5.41, 5.74) is 0.549. The molecule has 0 aliphatic rings. The summed E-state index contributed by atoms with van der Waals surface area (Å²) in [4.78, 5) is 11.7. The Labute approximate surface area is 145 Å². The topological polar surface area (TPSA) is 80.5 Å². The van der Waals surface area contributed by atoms with Gasteiger partial charge in [-0.05, 0) is 50.4 Å². The zero-order valence-corrected chi connectivity index (χ0v) is 15.2. The highest BCUT2D eigenvalue weighted by atomic mass is 32.2. The Bertz CT molecular complexity index is 849. The molecule has 0 atom stereocenters. The van der Waals surface area contributed by atoms with E-state index in [1.54, 1.807) is 44.2 Å². The minimum Gasteiger partial charge on any atom is -0.266 e. The molecule has 0 aromatic heterocycles. The van der Waals surface area contributed by atoms with Crippen molar-refractivity contribution in [1.29, 1.82) is 0 Å². The SMILES string of the molecule is CCN(c1cccc([N+](=O)[O-])c1C)S(=O)(=O)c1ccc(SC)cc1. The minimum atomic E-state index is -3.79. The predicted octanol–water partition coefficient (Wildman–Crippen LogP) is 3.84. The lowest BCUT2D eigenvalue weighted by Gasteiger charge is -2.24. The molecule has 2 aromatic rings. The highest BCUT2D eigenvalue weighted by Gasteiger charge is 2.27. The van der Waals surface area contributed by atoms with Crippen molar-refractivity contribution in [2.75, 3.05) is 17.1 Å². The summed E-state index contributed by atoms with van der Waals surface area (Å²) in [6, 6.07) is 11.0. The summed E-state index contributed by atoms with van der Waals surface area (Å²) in [5, 5.41) is 11.1. The summed E-state index contributed by atoms with van der Waals surface area (Å²) < 4.78 is 27.1. The van der Waals surface area contributed by atoms with E-state index < -0.39 is 14.9 Å². The van der Waals surface area contributed by atoms with Gasteiger partial charge in [-0.3, -0.25) is 14.4 Å². The molecule has 24 heavy (non-hydrogen) atoms. The van der Waals surface area contributed by atoms with E-state index >= 15 is 0 Å². The van der Waals surface area contributed by atoms with Crippen molar-refractivity contribution in [1.82, 2.24) is 0 Å². The fourth-order valence-electron chi connectivity index (χ4n) is 2.42. The van der Waals surface area contributed by atoms with Crippen LogP contribution in [0.15, 0.2) is 52.3 Å². The molecular formula is C16H18N2O4S2. The number of thioether (sulfide) groups is 1. The highest BCUT2D eigenvalue weighted by Crippen LogP contribution is 2.32. The number of anilines is 1. The number of nitro benzene ring substituents is 1. The van der Waals surface area contributed by atoms with E-state index in [0.29, 0.717) is 11.3 Å². The van der Waals surface area contributed by atoms with Gasteiger partial charge in [0.05, 0.1) is 21.1 Å². The number of benzene rings is 2. The number of nitro groups is 1. The molecule has 2 rings (SSSR count). The van der Waals surface area contributed by atoms with E-state index in [-0.39, 0.29) is 17.1 Å². The van der Waals surface area contributed by atoms with Gasteiger partial charge in [0, 0.05) is 17.5 Å². The van der Waals surface area contributed by atoms with Crippen LogP contribution in [0.1, 0.15) is 12.5 Å². The first-order valence-electron chi connectivity index (χ1n) is 7.23. The summed E-state index contributed by atoms with van der Waals surface area (Å²) in [6.07, 6.45) is 1.91. The summed E-state index contributed by atoms with van der Waals surface area (Å²) >= 11 is 1.52. The van der Waals surface area contributed by atoms with Crippen LogP contribution in [0.3, 0.4) is 0 Å². The van der Waals surface area contributed by atoms with Crippen LogP contribution in [-0.4, -0.2) is 26.1 Å². The van der Waals surface area contributed by atoms with Gasteiger partial charge in [0.2, 0.25) is 0 Å². The highest BCUT2D eigenvalue weighted by molar-refractivity contribution is 7.98. The van der Waals surface area contributed by atoms with E-state index in [1.165, 1.54) is 28.2 Å². The van der Waals surface area contributed by atoms with Crippen LogP contribution >= 0.6 is 11.8 Å². The van der Waals surface area contributed by atoms with Crippen molar-refractivity contribution in [2.45, 2.75) is 23.6 Å². The standard InChI is InChI=1S/C16H18N2O4S2/c1-4-17(15-6-5-7-16(12(15)2)18(19)20)24(21,22)14-10-8-13(23-3)9-11-14/h5-11H,4H2,1-3H3. The van der Waals surface area contributed by atoms with Gasteiger partial charge in [-0.2, -0.15) is 0 Å². The number of sulfonamides is 1. The van der Waals surface area contributed by atoms with E-state index in [4.69, 9.17) is 0 Å². The molecular weight excluding hydrogens is 348 g/mol. The Morgan fingerprint density at radius 3 is 2.29 bits per heavy atom. The van der Waals surface area contributed by atoms with E-state index in [2.05, 4.69) is 0 Å². The number of hydrogen-bond acceptors (Lipinski definition) is 5. The van der Waals surface area contributed by atoms with E-state index in [1.807, 2.05) is 6.26 Å². The fourth-order valence-corrected chi connectivity index (χ4v) is 4.36. The molecule has 8 heteroatoms. The smallest absolute Gasteiger partial charge is 0.266 e. The molecule has 0 N–H and O–H groups in total. The Balaban J connectivity index is 2.54. The van der Waals surface area contributed by atoms with Gasteiger partial charge < -0.3 is 0 Å². The predicted molar refractivity (Wildman–Crippen MR) is 96.3 cm³/mol. The minimum absolute atomic E-state index is 0.0983. The molecule has 0 fully saturated rings. The summed E-state index contributed by atoms with van der Waals surface area (Å²) in [5.74, 6) is 0. The van der Waals surface area contributed by atoms with Crippen molar-refractivity contribution in [3.05, 3.63) is 58.1 Å². The van der Waals surface area contributed by atoms with Gasteiger partial charge in [0.15, 0.2) is 0 Å². The molecule has 0 radical (unpaired) electrons. The number of nitrogens with zero attached hydrogens (tertiary/aromatic N) is 2. The van der Waals surface area contributed by atoms with Gasteiger partial charge in [-0.15, -0.1) is 11.8 Å². The first-order valence-corrected chi connectivity index (χ1v) is 9.90. The fraction of sp³-hybridized carbons (Fsp3) is 0.250. The van der Waals surface area contributed by atoms with Crippen LogP contribution in [0.5, 0.6) is 0 Å². The van der Waals surface area contributed by atoms with Crippen LogP contribution in [0, 0.1) is 17.0 Å². The lowest BCUT2D eigenvalue weighted by molar-refractivity contribution is -0.385. The Hall–Kier alpha value is -2.06. The molecule has 2 aromatic carbocycles. The van der Waals surface area contributed by atoms with Crippen LogP contribution in [0.4, 0.5) is 11.4 Å². The second-order valence-electron chi connectivity index (χ2n) is 5.02. The normalized spacial score (nSPS) is 11.3. The lowest BCUT2D eigenvalue weighted by Crippen LogP contribution is -2.31. The molecule has 0 spiro atoms. The van der Waals surface area contributed by atoms with Crippen molar-refractivity contribution < 1.29 is 13.3 Å². The zero-order chi connectivity index (χ0) is 17.9. The molecule has 128 valence electrons. The first kappa shape index (κ1) is 18.3. The third kappa shape index (κ3) is 3.39. The summed E-state index contributed by atoms with van der Waals surface area (Å²) in [6.45, 7) is 3.43. The van der Waals surface area contributed by atoms with Crippen LogP contribution < -0.4 is 4.31 Å². The van der Waals surface area contributed by atoms with Crippen molar-refractivity contribution >= 4 is 33.2 Å². The van der Waals surface area contributed by atoms with Crippen molar-refractivity contribution in [3.63, 3.8) is 0 Å². The maximum absolute atomic E-state index is 12.9. The van der Waals surface area contributed by atoms with Gasteiger partial charge in [0.1, 0.15) is 0 Å². The van der Waals surface area contributed by atoms with Gasteiger partial charge in [-0.1, -0.05) is 6.07 Å². The maximum atomic E-state index is 12.9. The monoisotopic (exact) mass is 366 g/mol. The molecule has 0 heterocycles. The Morgan fingerprint density at radius 2 is 1.79 bits per heavy atom. The van der Waals surface area contributed by atoms with Gasteiger partial charge >= 0.3 is 0 Å². The van der Waals surface area contributed by atoms with Crippen molar-refractivity contribution in [2.24, 2.45) is 0 Å². The van der Waals surface area contributed by atoms with Crippen LogP contribution in [-0.2, 0) is 10.0 Å². The zero-order valence-electron chi connectivity index (χ0n) is 13.6. The van der Waals surface area contributed by atoms with Crippen molar-refractivity contribution in [3.8, 4) is 0 Å². The van der Waals surface area contributed by atoms with Gasteiger partial charge in [0.25, 0.3) is 15.7 Å². The lowest BCUT2D eigenvalue weighted by atomic mass is 10.1. The molecule has 6 nitrogen and oxygen atoms in total. The largest absolute Gasteiger partial charge is 0.274 e. The molecule has 0 aliphatic heterocycles. The third-order valence-electron chi connectivity index (χ3n) is 3.68. The Morgan fingerprint density at radius 1 is 1.17 bits per heavy atom. The second kappa shape index (κ2) is 7.23. The molecule has 0 unspecified atom stereocenters. The summed E-state index contributed by atoms with van der Waals surface area (Å²) in [7, 11) is -3.79. The van der Waals surface area contributed by atoms with E-state index in [9.17, 15) is 18.5 Å². The number of hydrogen-bond donors (Lipinski definition) is 0. The van der Waals surface area contributed by atoms with Crippen LogP contribution in [0.2, 0.25) is 0 Å². The quantitative estimate of drug-likeness (QED) is 0.441. The average molecular weight is 366 g/mol. The molecule has 0 saturated heterocycles. The average Bonchev–Trinajstić information content (AvgIpc) is 2.56. The van der Waals surface area contributed by atoms with Crippen LogP contribution in [0.25, 0.3) is 0 Å². The third-order valence-corrected chi connectivity index (χ3v) is 6.32. The molecule has 0 saturated carbocycles. The number of rotatable bonds is 6. The first-order chi connectivity index (χ1) is 11.3. The maximum Gasteiger partial charge on any atom is 0.274 e. The molecule has 0 amide bonds. The molecule has 0 bridgehead atoms. The molecule has 0 aliphatic carbocycles. The second-order valence-corrected chi connectivity index (χ2v) is 7.77.